The van der Waals surface area contributed by atoms with Crippen LogP contribution in [-0.4, -0.2) is 29.1 Å². The lowest BCUT2D eigenvalue weighted by atomic mass is 10.1. The van der Waals surface area contributed by atoms with Gasteiger partial charge in [0.25, 0.3) is 0 Å². The lowest BCUT2D eigenvalue weighted by Gasteiger charge is -2.26. The number of hydrogen-bond donors (Lipinski definition) is 1. The standard InChI is InChI=1S/C22H26N2O2/c1-5-6-21(23(4)17(2)3)19-12-15-24(16-13-19)14-11-18-7-9-20(10-8-18)22(25)26/h5-10,12-13,15-17H,1,11,14H2,2-4H3/p+1/b21-6-. The highest BCUT2D eigenvalue weighted by Gasteiger charge is 2.12. The van der Waals surface area contributed by atoms with Gasteiger partial charge in [-0.05, 0) is 37.6 Å². The summed E-state index contributed by atoms with van der Waals surface area (Å²) < 4.78 is 2.13. The number of pyridine rings is 1. The number of carboxylic acid groups (broad SMARTS) is 1. The molecule has 0 amide bonds. The topological polar surface area (TPSA) is 44.4 Å². The van der Waals surface area contributed by atoms with Crippen LogP contribution in [0.15, 0.2) is 67.5 Å². The molecule has 1 aromatic heterocycles. The van der Waals surface area contributed by atoms with Crippen LogP contribution >= 0.6 is 0 Å². The molecule has 1 N–H and O–H groups in total. The summed E-state index contributed by atoms with van der Waals surface area (Å²) in [6.45, 7) is 8.99. The number of nitrogens with zero attached hydrogens (tertiary/aromatic N) is 2. The molecule has 0 saturated heterocycles. The second-order valence-corrected chi connectivity index (χ2v) is 6.57. The van der Waals surface area contributed by atoms with Crippen LogP contribution in [0.25, 0.3) is 5.70 Å². The number of carboxylic acids is 1. The molecule has 4 heteroatoms. The van der Waals surface area contributed by atoms with Gasteiger partial charge in [0.05, 0.1) is 5.56 Å². The zero-order chi connectivity index (χ0) is 19.1. The van der Waals surface area contributed by atoms with E-state index in [1.54, 1.807) is 12.1 Å². The van der Waals surface area contributed by atoms with Crippen molar-refractivity contribution in [3.05, 3.63) is 84.2 Å². The molecule has 26 heavy (non-hydrogen) atoms. The number of benzene rings is 1. The zero-order valence-electron chi connectivity index (χ0n) is 15.7. The Hall–Kier alpha value is -2.88. The molecule has 0 unspecified atom stereocenters. The van der Waals surface area contributed by atoms with Crippen LogP contribution in [-0.2, 0) is 13.0 Å². The van der Waals surface area contributed by atoms with Gasteiger partial charge in [-0.2, -0.15) is 0 Å². The van der Waals surface area contributed by atoms with Gasteiger partial charge in [-0.15, -0.1) is 0 Å². The molecule has 0 spiro atoms. The number of aryl methyl sites for hydroxylation is 2. The molecule has 0 aliphatic carbocycles. The Labute approximate surface area is 155 Å². The number of allylic oxidation sites excluding steroid dienone is 2. The van der Waals surface area contributed by atoms with Crippen molar-refractivity contribution in [3.8, 4) is 0 Å². The molecule has 1 aromatic carbocycles. The van der Waals surface area contributed by atoms with E-state index < -0.39 is 5.97 Å². The van der Waals surface area contributed by atoms with Crippen molar-refractivity contribution in [2.75, 3.05) is 7.05 Å². The highest BCUT2D eigenvalue weighted by Crippen LogP contribution is 2.19. The van der Waals surface area contributed by atoms with Crippen molar-refractivity contribution < 1.29 is 14.5 Å². The van der Waals surface area contributed by atoms with E-state index >= 15 is 0 Å². The lowest BCUT2D eigenvalue weighted by Crippen LogP contribution is -2.34. The largest absolute Gasteiger partial charge is 0.478 e. The van der Waals surface area contributed by atoms with Crippen LogP contribution in [0.3, 0.4) is 0 Å². The summed E-state index contributed by atoms with van der Waals surface area (Å²) in [6.07, 6.45) is 8.85. The number of aromatic nitrogens is 1. The molecule has 0 radical (unpaired) electrons. The number of hydrogen-bond acceptors (Lipinski definition) is 2. The Kier molecular flexibility index (Phi) is 6.73. The highest BCUT2D eigenvalue weighted by molar-refractivity contribution is 5.87. The fourth-order valence-electron chi connectivity index (χ4n) is 2.66. The van der Waals surface area contributed by atoms with Crippen molar-refractivity contribution in [1.29, 1.82) is 0 Å². The summed E-state index contributed by atoms with van der Waals surface area (Å²) >= 11 is 0. The normalized spacial score (nSPS) is 11.5. The molecule has 136 valence electrons. The summed E-state index contributed by atoms with van der Waals surface area (Å²) in [7, 11) is 2.09. The lowest BCUT2D eigenvalue weighted by molar-refractivity contribution is -0.696. The second-order valence-electron chi connectivity index (χ2n) is 6.57. The van der Waals surface area contributed by atoms with Crippen LogP contribution in [0.1, 0.15) is 35.3 Å². The summed E-state index contributed by atoms with van der Waals surface area (Å²) in [5, 5.41) is 8.95. The SMILES string of the molecule is C=C/C=C(/c1cc[n+](CCc2ccc(C(=O)O)cc2)cc1)N(C)C(C)C. The van der Waals surface area contributed by atoms with Crippen molar-refractivity contribution in [3.63, 3.8) is 0 Å². The maximum atomic E-state index is 10.9. The minimum atomic E-state index is -0.892. The van der Waals surface area contributed by atoms with Crippen LogP contribution in [0.2, 0.25) is 0 Å². The Balaban J connectivity index is 2.05. The van der Waals surface area contributed by atoms with Crippen LogP contribution < -0.4 is 4.57 Å². The third-order valence-electron chi connectivity index (χ3n) is 4.48. The predicted octanol–water partition coefficient (Wildman–Crippen LogP) is 3.78. The van der Waals surface area contributed by atoms with Crippen molar-refractivity contribution in [2.24, 2.45) is 0 Å². The first-order valence-corrected chi connectivity index (χ1v) is 8.79. The Morgan fingerprint density at radius 3 is 2.27 bits per heavy atom. The molecule has 2 rings (SSSR count). The number of aromatic carboxylic acids is 1. The van der Waals surface area contributed by atoms with Gasteiger partial charge in [-0.25, -0.2) is 9.36 Å². The van der Waals surface area contributed by atoms with E-state index in [1.165, 1.54) is 0 Å². The van der Waals surface area contributed by atoms with Gasteiger partial charge >= 0.3 is 5.97 Å². The summed E-state index contributed by atoms with van der Waals surface area (Å²) in [5.41, 5.74) is 3.74. The van der Waals surface area contributed by atoms with E-state index in [4.69, 9.17) is 5.11 Å². The van der Waals surface area contributed by atoms with Gasteiger partial charge in [0, 0.05) is 42.9 Å². The second kappa shape index (κ2) is 8.99. The highest BCUT2D eigenvalue weighted by atomic mass is 16.4. The summed E-state index contributed by atoms with van der Waals surface area (Å²) in [6, 6.07) is 11.7. The van der Waals surface area contributed by atoms with Crippen LogP contribution in [0.5, 0.6) is 0 Å². The molecule has 2 aromatic rings. The van der Waals surface area contributed by atoms with Crippen molar-refractivity contribution in [1.82, 2.24) is 4.90 Å². The third-order valence-corrected chi connectivity index (χ3v) is 4.48. The molecule has 4 nitrogen and oxygen atoms in total. The van der Waals surface area contributed by atoms with E-state index in [0.717, 1.165) is 29.8 Å². The molecule has 0 aliphatic rings. The van der Waals surface area contributed by atoms with E-state index in [-0.39, 0.29) is 0 Å². The number of carbonyl (C=O) groups is 1. The van der Waals surface area contributed by atoms with Gasteiger partial charge in [-0.1, -0.05) is 24.8 Å². The molecular formula is C22H27N2O2+. The third kappa shape index (κ3) is 5.06. The number of rotatable bonds is 8. The first-order chi connectivity index (χ1) is 12.4. The van der Waals surface area contributed by atoms with Crippen molar-refractivity contribution >= 4 is 11.7 Å². The average Bonchev–Trinajstić information content (AvgIpc) is 2.64. The Morgan fingerprint density at radius 2 is 1.77 bits per heavy atom. The molecule has 1 heterocycles. The van der Waals surface area contributed by atoms with Crippen molar-refractivity contribution in [2.45, 2.75) is 32.9 Å². The first kappa shape index (κ1) is 19.4. The Morgan fingerprint density at radius 1 is 1.15 bits per heavy atom. The predicted molar refractivity (Wildman–Crippen MR) is 105 cm³/mol. The Bertz CT molecular complexity index is 775. The molecule has 0 bridgehead atoms. The fourth-order valence-corrected chi connectivity index (χ4v) is 2.66. The van der Waals surface area contributed by atoms with Crippen LogP contribution in [0, 0.1) is 0 Å². The van der Waals surface area contributed by atoms with Gasteiger partial charge in [0.15, 0.2) is 18.9 Å². The minimum Gasteiger partial charge on any atom is -0.478 e. The zero-order valence-corrected chi connectivity index (χ0v) is 15.7. The van der Waals surface area contributed by atoms with E-state index in [9.17, 15) is 4.79 Å². The molecule has 0 fully saturated rings. The first-order valence-electron chi connectivity index (χ1n) is 8.79. The van der Waals surface area contributed by atoms with E-state index in [1.807, 2.05) is 24.3 Å². The van der Waals surface area contributed by atoms with Crippen LogP contribution in [0.4, 0.5) is 0 Å². The minimum absolute atomic E-state index is 0.321. The van der Waals surface area contributed by atoms with Gasteiger partial charge in [0.2, 0.25) is 0 Å². The fraction of sp³-hybridized carbons (Fsp3) is 0.273. The van der Waals surface area contributed by atoms with Gasteiger partial charge < -0.3 is 10.0 Å². The molecule has 0 atom stereocenters. The smallest absolute Gasteiger partial charge is 0.335 e. The quantitative estimate of drug-likeness (QED) is 0.581. The molecule has 0 saturated carbocycles. The van der Waals surface area contributed by atoms with E-state index in [2.05, 4.69) is 61.5 Å². The summed E-state index contributed by atoms with van der Waals surface area (Å²) in [4.78, 5) is 13.1. The van der Waals surface area contributed by atoms with E-state index in [0.29, 0.717) is 11.6 Å². The summed E-state index contributed by atoms with van der Waals surface area (Å²) in [5.74, 6) is -0.892. The maximum Gasteiger partial charge on any atom is 0.335 e. The monoisotopic (exact) mass is 351 g/mol. The average molecular weight is 351 g/mol. The van der Waals surface area contributed by atoms with Gasteiger partial charge in [-0.3, -0.25) is 0 Å². The molecular weight excluding hydrogens is 324 g/mol. The molecule has 0 aliphatic heterocycles. The maximum absolute atomic E-state index is 10.9. The van der Waals surface area contributed by atoms with Gasteiger partial charge in [0.1, 0.15) is 0 Å².